The third-order valence-corrected chi connectivity index (χ3v) is 9.72. The number of hydrogen-bond donors (Lipinski definition) is 0. The molecule has 0 radical (unpaired) electrons. The molecule has 0 aromatic heterocycles. The minimum Gasteiger partial charge on any atom is -0.497 e. The first kappa shape index (κ1) is 35.7. The number of nitrogens with zero attached hydrogens (tertiary/aromatic N) is 2. The van der Waals surface area contributed by atoms with Crippen LogP contribution in [0, 0.1) is 13.8 Å². The molecular formula is C48H44N2O4. The van der Waals surface area contributed by atoms with Gasteiger partial charge >= 0.3 is 0 Å². The van der Waals surface area contributed by atoms with Crippen LogP contribution in [0.25, 0.3) is 22.3 Å². The monoisotopic (exact) mass is 712 g/mol. The number of para-hydroxylation sites is 4. The van der Waals surface area contributed by atoms with Gasteiger partial charge in [0, 0.05) is 33.9 Å². The molecule has 7 aromatic rings. The van der Waals surface area contributed by atoms with Gasteiger partial charge in [-0.2, -0.15) is 0 Å². The zero-order valence-corrected chi connectivity index (χ0v) is 31.5. The lowest BCUT2D eigenvalue weighted by Gasteiger charge is -2.29. The summed E-state index contributed by atoms with van der Waals surface area (Å²) >= 11 is 0. The lowest BCUT2D eigenvalue weighted by Crippen LogP contribution is -2.12. The maximum absolute atomic E-state index is 6.29. The molecule has 0 saturated heterocycles. The number of hydrogen-bond acceptors (Lipinski definition) is 6. The van der Waals surface area contributed by atoms with Crippen LogP contribution in [0.3, 0.4) is 0 Å². The zero-order chi connectivity index (χ0) is 37.6. The first-order valence-corrected chi connectivity index (χ1v) is 17.9. The lowest BCUT2D eigenvalue weighted by atomic mass is 9.90. The van der Waals surface area contributed by atoms with Gasteiger partial charge in [-0.05, 0) is 121 Å². The molecule has 0 N–H and O–H groups in total. The van der Waals surface area contributed by atoms with Crippen LogP contribution in [-0.4, -0.2) is 28.4 Å². The molecule has 6 nitrogen and oxygen atoms in total. The largest absolute Gasteiger partial charge is 0.497 e. The number of ether oxygens (including phenoxy) is 4. The Balaban J connectivity index is 1.34. The van der Waals surface area contributed by atoms with Gasteiger partial charge in [0.2, 0.25) is 0 Å². The molecule has 0 atom stereocenters. The molecule has 0 fully saturated rings. The van der Waals surface area contributed by atoms with Gasteiger partial charge in [0.25, 0.3) is 0 Å². The van der Waals surface area contributed by atoms with Crippen LogP contribution in [0.5, 0.6) is 23.0 Å². The fourth-order valence-electron chi connectivity index (χ4n) is 7.12. The summed E-state index contributed by atoms with van der Waals surface area (Å²) in [7, 11) is 6.85. The second-order valence-corrected chi connectivity index (χ2v) is 12.9. The average Bonchev–Trinajstić information content (AvgIpc) is 3.23. The van der Waals surface area contributed by atoms with Crippen LogP contribution in [0.2, 0.25) is 0 Å². The summed E-state index contributed by atoms with van der Waals surface area (Å²) in [6.45, 7) is 4.32. The average molecular weight is 713 g/mol. The molecule has 7 rings (SSSR count). The Morgan fingerprint density at radius 2 is 0.685 bits per heavy atom. The van der Waals surface area contributed by atoms with Crippen molar-refractivity contribution in [3.8, 4) is 45.3 Å². The second kappa shape index (κ2) is 15.9. The Hall–Kier alpha value is -6.66. The molecule has 0 saturated carbocycles. The Labute approximate surface area is 318 Å². The van der Waals surface area contributed by atoms with Gasteiger partial charge in [0.05, 0.1) is 39.8 Å². The highest BCUT2D eigenvalue weighted by atomic mass is 16.5. The summed E-state index contributed by atoms with van der Waals surface area (Å²) in [5.74, 6) is 3.17. The van der Waals surface area contributed by atoms with E-state index in [0.717, 1.165) is 90.5 Å². The molecule has 0 bridgehead atoms. The van der Waals surface area contributed by atoms with Crippen LogP contribution in [0.4, 0.5) is 34.1 Å². The SMILES string of the molecule is COc1ccc(N(c2ccccc2)c2cccc(-c3cc(C)c(-c4cccc(N(c5ccccc5)c5ccc(OC)cc5)c4OC)cc3C)c2OC)cc1. The summed E-state index contributed by atoms with van der Waals surface area (Å²) in [4.78, 5) is 4.44. The molecule has 270 valence electrons. The highest BCUT2D eigenvalue weighted by Gasteiger charge is 2.24. The molecule has 0 aliphatic rings. The number of aryl methyl sites for hydroxylation is 2. The van der Waals surface area contributed by atoms with Crippen LogP contribution < -0.4 is 28.7 Å². The first-order valence-electron chi connectivity index (χ1n) is 17.9. The fraction of sp³-hybridized carbons (Fsp3) is 0.125. The van der Waals surface area contributed by atoms with Gasteiger partial charge in [0.15, 0.2) is 11.5 Å². The van der Waals surface area contributed by atoms with E-state index in [1.807, 2.05) is 60.7 Å². The van der Waals surface area contributed by atoms with Crippen molar-refractivity contribution < 1.29 is 18.9 Å². The van der Waals surface area contributed by atoms with Crippen molar-refractivity contribution in [2.24, 2.45) is 0 Å². The minimum atomic E-state index is 0.782. The maximum atomic E-state index is 6.29. The molecular weight excluding hydrogens is 669 g/mol. The van der Waals surface area contributed by atoms with Crippen molar-refractivity contribution in [3.05, 3.63) is 169 Å². The normalized spacial score (nSPS) is 10.8. The summed E-state index contributed by atoms with van der Waals surface area (Å²) < 4.78 is 23.5. The Bertz CT molecular complexity index is 2170. The summed E-state index contributed by atoms with van der Waals surface area (Å²) in [5, 5.41) is 0. The van der Waals surface area contributed by atoms with E-state index in [2.05, 4.69) is 121 Å². The van der Waals surface area contributed by atoms with Gasteiger partial charge in [-0.1, -0.05) is 72.8 Å². The van der Waals surface area contributed by atoms with Crippen molar-refractivity contribution in [2.75, 3.05) is 38.2 Å². The molecule has 0 aliphatic carbocycles. The second-order valence-electron chi connectivity index (χ2n) is 12.9. The summed E-state index contributed by atoms with van der Waals surface area (Å²) in [6, 6.07) is 54.1. The standard InChI is InChI=1S/C48H44N2O4/c1-33-31-44(42-20-14-22-46(48(42)54-6)50(36-17-11-8-12-18-36)38-25-29-40(52-4)30-26-38)34(2)32-43(33)41-19-13-21-45(47(41)53-5)49(35-15-9-7-10-16-35)37-23-27-39(51-3)28-24-37/h7-32H,1-6H3. The van der Waals surface area contributed by atoms with Crippen molar-refractivity contribution >= 4 is 34.1 Å². The van der Waals surface area contributed by atoms with Crippen LogP contribution in [-0.2, 0) is 0 Å². The van der Waals surface area contributed by atoms with Crippen molar-refractivity contribution in [3.63, 3.8) is 0 Å². The quantitative estimate of drug-likeness (QED) is 0.126. The van der Waals surface area contributed by atoms with E-state index in [4.69, 9.17) is 18.9 Å². The maximum Gasteiger partial charge on any atom is 0.150 e. The third-order valence-electron chi connectivity index (χ3n) is 9.72. The zero-order valence-electron chi connectivity index (χ0n) is 31.5. The highest BCUT2D eigenvalue weighted by Crippen LogP contribution is 2.49. The van der Waals surface area contributed by atoms with E-state index in [-0.39, 0.29) is 0 Å². The third kappa shape index (κ3) is 6.94. The fourth-order valence-corrected chi connectivity index (χ4v) is 7.12. The van der Waals surface area contributed by atoms with E-state index >= 15 is 0 Å². The Kier molecular flexibility index (Phi) is 10.5. The Morgan fingerprint density at radius 1 is 0.333 bits per heavy atom. The molecule has 0 unspecified atom stereocenters. The summed E-state index contributed by atoms with van der Waals surface area (Å²) in [6.07, 6.45) is 0. The summed E-state index contributed by atoms with van der Waals surface area (Å²) in [5.41, 5.74) is 12.3. The van der Waals surface area contributed by atoms with E-state index in [9.17, 15) is 0 Å². The predicted molar refractivity (Wildman–Crippen MR) is 222 cm³/mol. The van der Waals surface area contributed by atoms with Crippen molar-refractivity contribution in [1.82, 2.24) is 0 Å². The van der Waals surface area contributed by atoms with Gasteiger partial charge < -0.3 is 28.7 Å². The smallest absolute Gasteiger partial charge is 0.150 e. The molecule has 54 heavy (non-hydrogen) atoms. The number of benzene rings is 7. The topological polar surface area (TPSA) is 43.4 Å². The van der Waals surface area contributed by atoms with Gasteiger partial charge in [0.1, 0.15) is 11.5 Å². The molecule has 7 aromatic carbocycles. The first-order chi connectivity index (χ1) is 26.4. The molecule has 0 aliphatic heterocycles. The number of rotatable bonds is 12. The molecule has 0 spiro atoms. The van der Waals surface area contributed by atoms with Crippen LogP contribution >= 0.6 is 0 Å². The van der Waals surface area contributed by atoms with Crippen molar-refractivity contribution in [1.29, 1.82) is 0 Å². The highest BCUT2D eigenvalue weighted by molar-refractivity contribution is 5.91. The van der Waals surface area contributed by atoms with Gasteiger partial charge in [-0.25, -0.2) is 0 Å². The number of methoxy groups -OCH3 is 4. The van der Waals surface area contributed by atoms with E-state index in [0.29, 0.717) is 0 Å². The lowest BCUT2D eigenvalue weighted by molar-refractivity contribution is 0.414. The predicted octanol–water partition coefficient (Wildman–Crippen LogP) is 12.6. The molecule has 0 heterocycles. The number of anilines is 6. The van der Waals surface area contributed by atoms with Crippen LogP contribution in [0.15, 0.2) is 158 Å². The van der Waals surface area contributed by atoms with E-state index in [1.165, 1.54) is 0 Å². The minimum absolute atomic E-state index is 0.782. The molecule has 6 heteroatoms. The van der Waals surface area contributed by atoms with Gasteiger partial charge in [-0.15, -0.1) is 0 Å². The van der Waals surface area contributed by atoms with Crippen LogP contribution in [0.1, 0.15) is 11.1 Å². The van der Waals surface area contributed by atoms with E-state index in [1.54, 1.807) is 28.4 Å². The van der Waals surface area contributed by atoms with E-state index < -0.39 is 0 Å². The Morgan fingerprint density at radius 3 is 1.02 bits per heavy atom. The molecule has 0 amide bonds. The van der Waals surface area contributed by atoms with Gasteiger partial charge in [-0.3, -0.25) is 0 Å². The van der Waals surface area contributed by atoms with Crippen molar-refractivity contribution in [2.45, 2.75) is 13.8 Å².